The maximum atomic E-state index is 5.39. The molecular weight excluding hydrogens is 290 g/mol. The van der Waals surface area contributed by atoms with Gasteiger partial charge in [-0.15, -0.1) is 0 Å². The highest BCUT2D eigenvalue weighted by atomic mass is 16.5. The van der Waals surface area contributed by atoms with Crippen LogP contribution in [-0.4, -0.2) is 33.2 Å². The molecule has 1 aliphatic rings. The fourth-order valence-electron chi connectivity index (χ4n) is 2.83. The van der Waals surface area contributed by atoms with Gasteiger partial charge in [0.25, 0.3) is 0 Å². The van der Waals surface area contributed by atoms with Gasteiger partial charge in [-0.25, -0.2) is 15.0 Å². The molecule has 1 N–H and O–H groups in total. The minimum atomic E-state index is 0.566. The Hall–Kier alpha value is -2.63. The number of aromatic nitrogens is 4. The lowest BCUT2D eigenvalue weighted by atomic mass is 10.1. The van der Waals surface area contributed by atoms with Crippen LogP contribution in [0.4, 0.5) is 5.82 Å². The summed E-state index contributed by atoms with van der Waals surface area (Å²) in [4.78, 5) is 13.2. The van der Waals surface area contributed by atoms with Crippen molar-refractivity contribution in [3.63, 3.8) is 0 Å². The van der Waals surface area contributed by atoms with E-state index in [0.717, 1.165) is 35.7 Å². The number of para-hydroxylation sites is 1. The molecule has 1 aliphatic carbocycles. The van der Waals surface area contributed by atoms with E-state index in [-0.39, 0.29) is 0 Å². The first-order chi connectivity index (χ1) is 11.4. The van der Waals surface area contributed by atoms with E-state index in [4.69, 9.17) is 4.74 Å². The molecule has 3 aromatic rings. The predicted octanol–water partition coefficient (Wildman–Crippen LogP) is 2.82. The molecule has 1 fully saturated rings. The number of hydrogen-bond acceptors (Lipinski definition) is 5. The molecule has 118 valence electrons. The van der Waals surface area contributed by atoms with Gasteiger partial charge in [-0.2, -0.15) is 0 Å². The molecule has 6 heteroatoms. The molecule has 2 aromatic heterocycles. The summed E-state index contributed by atoms with van der Waals surface area (Å²) in [6.07, 6.45) is 6.77. The Morgan fingerprint density at radius 3 is 2.91 bits per heavy atom. The second-order valence-corrected chi connectivity index (χ2v) is 5.77. The number of imidazole rings is 1. The minimum absolute atomic E-state index is 0.566. The van der Waals surface area contributed by atoms with Gasteiger partial charge in [0.1, 0.15) is 17.6 Å². The minimum Gasteiger partial charge on any atom is -0.496 e. The molecule has 4 rings (SSSR count). The van der Waals surface area contributed by atoms with E-state index in [2.05, 4.69) is 30.9 Å². The van der Waals surface area contributed by atoms with Gasteiger partial charge in [-0.05, 0) is 30.9 Å². The molecule has 1 aromatic carbocycles. The van der Waals surface area contributed by atoms with Gasteiger partial charge >= 0.3 is 0 Å². The Morgan fingerprint density at radius 2 is 2.09 bits per heavy atom. The van der Waals surface area contributed by atoms with E-state index in [9.17, 15) is 0 Å². The predicted molar refractivity (Wildman–Crippen MR) is 88.8 cm³/mol. The average molecular weight is 309 g/mol. The van der Waals surface area contributed by atoms with Crippen LogP contribution in [0.2, 0.25) is 0 Å². The van der Waals surface area contributed by atoms with Crippen molar-refractivity contribution >= 4 is 17.0 Å². The molecule has 23 heavy (non-hydrogen) atoms. The summed E-state index contributed by atoms with van der Waals surface area (Å²) in [7, 11) is 1.70. The second kappa shape index (κ2) is 5.87. The van der Waals surface area contributed by atoms with E-state index in [1.165, 1.54) is 18.4 Å². The lowest BCUT2D eigenvalue weighted by molar-refractivity contribution is 0.410. The molecule has 0 aliphatic heterocycles. The van der Waals surface area contributed by atoms with Crippen LogP contribution in [0.1, 0.15) is 24.4 Å². The number of nitrogens with zero attached hydrogens (tertiary/aromatic N) is 4. The zero-order valence-electron chi connectivity index (χ0n) is 13.1. The van der Waals surface area contributed by atoms with Crippen molar-refractivity contribution < 1.29 is 4.74 Å². The van der Waals surface area contributed by atoms with Crippen LogP contribution >= 0.6 is 0 Å². The summed E-state index contributed by atoms with van der Waals surface area (Å²) in [5.41, 5.74) is 2.94. The van der Waals surface area contributed by atoms with Gasteiger partial charge in [0, 0.05) is 12.6 Å². The van der Waals surface area contributed by atoms with Gasteiger partial charge in [0.15, 0.2) is 11.5 Å². The van der Waals surface area contributed by atoms with Crippen molar-refractivity contribution in [3.05, 3.63) is 42.5 Å². The van der Waals surface area contributed by atoms with Crippen LogP contribution in [0, 0.1) is 0 Å². The normalized spacial score (nSPS) is 14.1. The molecular formula is C17H19N5O. The first kappa shape index (κ1) is 14.0. The summed E-state index contributed by atoms with van der Waals surface area (Å²) in [5.74, 6) is 1.71. The number of rotatable bonds is 6. The topological polar surface area (TPSA) is 64.9 Å². The number of nitrogens with one attached hydrogen (secondary N) is 1. The molecule has 2 heterocycles. The molecule has 0 saturated heterocycles. The Bertz CT molecular complexity index is 825. The molecule has 0 bridgehead atoms. The van der Waals surface area contributed by atoms with Crippen LogP contribution in [0.25, 0.3) is 11.2 Å². The summed E-state index contributed by atoms with van der Waals surface area (Å²) >= 11 is 0. The van der Waals surface area contributed by atoms with Gasteiger partial charge in [-0.3, -0.25) is 0 Å². The standard InChI is InChI=1S/C17H19N5O/c1-23-14-5-3-2-4-12(14)8-9-18-16-15-17(20-10-19-16)22(11-21-15)13-6-7-13/h2-5,10-11,13H,6-9H2,1H3,(H,18,19,20). The fraction of sp³-hybridized carbons (Fsp3) is 0.353. The Kier molecular flexibility index (Phi) is 3.57. The highest BCUT2D eigenvalue weighted by Gasteiger charge is 2.26. The first-order valence-electron chi connectivity index (χ1n) is 7.90. The van der Waals surface area contributed by atoms with E-state index >= 15 is 0 Å². The lowest BCUT2D eigenvalue weighted by Crippen LogP contribution is -2.08. The SMILES string of the molecule is COc1ccccc1CCNc1ncnc2c1ncn2C1CC1. The molecule has 6 nitrogen and oxygen atoms in total. The number of ether oxygens (including phenoxy) is 1. The quantitative estimate of drug-likeness (QED) is 0.758. The highest BCUT2D eigenvalue weighted by Crippen LogP contribution is 2.37. The van der Waals surface area contributed by atoms with E-state index in [0.29, 0.717) is 6.04 Å². The van der Waals surface area contributed by atoms with Crippen molar-refractivity contribution in [2.24, 2.45) is 0 Å². The molecule has 0 radical (unpaired) electrons. The van der Waals surface area contributed by atoms with Gasteiger partial charge in [0.05, 0.1) is 13.4 Å². The van der Waals surface area contributed by atoms with Gasteiger partial charge < -0.3 is 14.6 Å². The number of anilines is 1. The van der Waals surface area contributed by atoms with Crippen LogP contribution in [-0.2, 0) is 6.42 Å². The molecule has 0 unspecified atom stereocenters. The first-order valence-corrected chi connectivity index (χ1v) is 7.90. The average Bonchev–Trinajstić information content (AvgIpc) is 3.34. The molecule has 0 amide bonds. The van der Waals surface area contributed by atoms with Crippen molar-refractivity contribution in [2.75, 3.05) is 19.0 Å². The number of benzene rings is 1. The lowest BCUT2D eigenvalue weighted by Gasteiger charge is -2.09. The summed E-state index contributed by atoms with van der Waals surface area (Å²) in [6, 6.07) is 8.64. The zero-order valence-corrected chi connectivity index (χ0v) is 13.1. The Morgan fingerprint density at radius 1 is 1.22 bits per heavy atom. The highest BCUT2D eigenvalue weighted by molar-refractivity contribution is 5.82. The van der Waals surface area contributed by atoms with E-state index < -0.39 is 0 Å². The molecule has 0 atom stereocenters. The Labute approximate surface area is 134 Å². The van der Waals surface area contributed by atoms with E-state index in [1.54, 1.807) is 13.4 Å². The largest absolute Gasteiger partial charge is 0.496 e. The fourth-order valence-corrected chi connectivity index (χ4v) is 2.83. The maximum absolute atomic E-state index is 5.39. The maximum Gasteiger partial charge on any atom is 0.165 e. The Balaban J connectivity index is 1.50. The summed E-state index contributed by atoms with van der Waals surface area (Å²) in [6.45, 7) is 0.767. The number of methoxy groups -OCH3 is 1. The van der Waals surface area contributed by atoms with Crippen molar-refractivity contribution in [3.8, 4) is 5.75 Å². The van der Waals surface area contributed by atoms with Gasteiger partial charge in [0.2, 0.25) is 0 Å². The van der Waals surface area contributed by atoms with Crippen LogP contribution in [0.5, 0.6) is 5.75 Å². The summed E-state index contributed by atoms with van der Waals surface area (Å²) in [5, 5.41) is 3.38. The summed E-state index contributed by atoms with van der Waals surface area (Å²) < 4.78 is 7.54. The third kappa shape index (κ3) is 2.72. The monoisotopic (exact) mass is 309 g/mol. The number of fused-ring (bicyclic) bond motifs is 1. The molecule has 0 spiro atoms. The van der Waals surface area contributed by atoms with Crippen LogP contribution in [0.15, 0.2) is 36.9 Å². The third-order valence-corrected chi connectivity index (χ3v) is 4.18. The van der Waals surface area contributed by atoms with Gasteiger partial charge in [-0.1, -0.05) is 18.2 Å². The van der Waals surface area contributed by atoms with E-state index in [1.807, 2.05) is 24.5 Å². The molecule has 1 saturated carbocycles. The zero-order chi connectivity index (χ0) is 15.6. The van der Waals surface area contributed by atoms with Crippen LogP contribution in [0.3, 0.4) is 0 Å². The van der Waals surface area contributed by atoms with Crippen molar-refractivity contribution in [2.45, 2.75) is 25.3 Å². The number of hydrogen-bond donors (Lipinski definition) is 1. The van der Waals surface area contributed by atoms with Crippen molar-refractivity contribution in [1.29, 1.82) is 0 Å². The van der Waals surface area contributed by atoms with Crippen molar-refractivity contribution in [1.82, 2.24) is 19.5 Å². The van der Waals surface area contributed by atoms with Crippen LogP contribution < -0.4 is 10.1 Å². The second-order valence-electron chi connectivity index (χ2n) is 5.77. The third-order valence-electron chi connectivity index (χ3n) is 4.18. The smallest absolute Gasteiger partial charge is 0.165 e.